The van der Waals surface area contributed by atoms with Gasteiger partial charge >= 0.3 is 0 Å². The Morgan fingerprint density at radius 2 is 2.33 bits per heavy atom. The Hall–Kier alpha value is -1.25. The molecule has 3 N–H and O–H groups in total. The Bertz CT molecular complexity index is 238. The molecule has 0 fully saturated rings. The van der Waals surface area contributed by atoms with Crippen molar-refractivity contribution in [3.8, 4) is 0 Å². The van der Waals surface area contributed by atoms with Gasteiger partial charge in [-0.25, -0.2) is 0 Å². The van der Waals surface area contributed by atoms with E-state index in [0.29, 0.717) is 5.49 Å². The minimum Gasteiger partial charge on any atom is -0.338 e. The van der Waals surface area contributed by atoms with E-state index in [1.54, 1.807) is 6.20 Å². The van der Waals surface area contributed by atoms with Gasteiger partial charge in [0.15, 0.2) is 0 Å². The minimum absolute atomic E-state index is 0.359. The molecule has 1 aromatic heterocycles. The van der Waals surface area contributed by atoms with Gasteiger partial charge in [-0.1, -0.05) is 6.07 Å². The first-order chi connectivity index (χ1) is 4.22. The fourth-order valence-corrected chi connectivity index (χ4v) is 0.637. The normalized spacial score (nSPS) is 9.44. The Balaban J connectivity index is 3.43. The summed E-state index contributed by atoms with van der Waals surface area (Å²) in [6.07, 6.45) is 1.65. The highest BCUT2D eigenvalue weighted by molar-refractivity contribution is 5.05. The van der Waals surface area contributed by atoms with Crippen molar-refractivity contribution < 1.29 is 0 Å². The third-order valence-corrected chi connectivity index (χ3v) is 1.22. The summed E-state index contributed by atoms with van der Waals surface area (Å²) in [6, 6.07) is 3.67. The third kappa shape index (κ3) is 0.937. The molecule has 1 aromatic rings. The molecular weight excluding hydrogens is 114 g/mol. The number of rotatable bonds is 0. The average Bonchev–Trinajstić information content (AvgIpc) is 1.83. The Labute approximate surface area is 53.2 Å². The van der Waals surface area contributed by atoms with Gasteiger partial charge in [-0.15, -0.1) is 0 Å². The van der Waals surface area contributed by atoms with Gasteiger partial charge < -0.3 is 5.84 Å². The fraction of sp³-hybridized carbons (Fsp3) is 0.167. The van der Waals surface area contributed by atoms with Crippen LogP contribution in [0.15, 0.2) is 18.3 Å². The van der Waals surface area contributed by atoms with Crippen molar-refractivity contribution in [2.75, 3.05) is 5.84 Å². The molecule has 3 heteroatoms. The van der Waals surface area contributed by atoms with E-state index in [9.17, 15) is 0 Å². The number of nitrogens with one attached hydrogen (secondary N) is 1. The van der Waals surface area contributed by atoms with Crippen molar-refractivity contribution in [2.24, 2.45) is 0 Å². The van der Waals surface area contributed by atoms with Gasteiger partial charge in [0.05, 0.1) is 0 Å². The van der Waals surface area contributed by atoms with Crippen LogP contribution in [-0.4, -0.2) is 4.68 Å². The monoisotopic (exact) mass is 123 g/mol. The van der Waals surface area contributed by atoms with Crippen LogP contribution in [-0.2, 0) is 0 Å². The van der Waals surface area contributed by atoms with Crippen LogP contribution in [0.5, 0.6) is 0 Å². The number of nitrogen functional groups attached to an aromatic ring is 1. The number of hydrogen-bond acceptors (Lipinski definition) is 2. The van der Waals surface area contributed by atoms with E-state index in [1.165, 1.54) is 4.68 Å². The van der Waals surface area contributed by atoms with E-state index in [4.69, 9.17) is 11.3 Å². The molecule has 0 saturated heterocycles. The summed E-state index contributed by atoms with van der Waals surface area (Å²) in [5, 5.41) is 7.28. The predicted octanol–water partition coefficient (Wildman–Crippen LogP) is -0.0102. The van der Waals surface area contributed by atoms with Crippen LogP contribution >= 0.6 is 0 Å². The first-order valence-corrected chi connectivity index (χ1v) is 2.70. The van der Waals surface area contributed by atoms with E-state index in [-0.39, 0.29) is 0 Å². The third-order valence-electron chi connectivity index (χ3n) is 1.22. The minimum atomic E-state index is 0.359. The lowest BCUT2D eigenvalue weighted by Crippen LogP contribution is -2.27. The van der Waals surface area contributed by atoms with Gasteiger partial charge in [-0.2, -0.15) is 0 Å². The summed E-state index contributed by atoms with van der Waals surface area (Å²) in [4.78, 5) is 0. The maximum Gasteiger partial charge on any atom is 0.146 e. The molecular formula is C6H9N3. The van der Waals surface area contributed by atoms with E-state index >= 15 is 0 Å². The molecule has 0 bridgehead atoms. The molecule has 0 aliphatic carbocycles. The second-order valence-corrected chi connectivity index (χ2v) is 1.95. The van der Waals surface area contributed by atoms with Crippen LogP contribution in [0.25, 0.3) is 0 Å². The van der Waals surface area contributed by atoms with Gasteiger partial charge in [0.1, 0.15) is 5.49 Å². The molecule has 0 unspecified atom stereocenters. The lowest BCUT2D eigenvalue weighted by Gasteiger charge is -1.97. The molecule has 48 valence electrons. The molecule has 0 amide bonds. The summed E-state index contributed by atoms with van der Waals surface area (Å²) in [5.41, 5.74) is 1.25. The van der Waals surface area contributed by atoms with Crippen LogP contribution in [0, 0.1) is 12.3 Å². The molecule has 0 aromatic carbocycles. The second-order valence-electron chi connectivity index (χ2n) is 1.95. The maximum absolute atomic E-state index is 7.28. The highest BCUT2D eigenvalue weighted by atomic mass is 15.3. The van der Waals surface area contributed by atoms with Crippen LogP contribution in [0.4, 0.5) is 0 Å². The van der Waals surface area contributed by atoms with Crippen molar-refractivity contribution in [1.82, 2.24) is 4.68 Å². The molecule has 9 heavy (non-hydrogen) atoms. The van der Waals surface area contributed by atoms with Crippen LogP contribution in [0.2, 0.25) is 0 Å². The average molecular weight is 123 g/mol. The summed E-state index contributed by atoms with van der Waals surface area (Å²) >= 11 is 0. The van der Waals surface area contributed by atoms with Gasteiger partial charge in [0.2, 0.25) is 0 Å². The Morgan fingerprint density at radius 1 is 1.67 bits per heavy atom. The first kappa shape index (κ1) is 5.88. The standard InChI is InChI=1S/C6H9N3/c1-5-3-2-4-9(8)6(5)7/h2-4,7H,8H2,1H3. The largest absolute Gasteiger partial charge is 0.338 e. The van der Waals surface area contributed by atoms with Crippen molar-refractivity contribution in [1.29, 1.82) is 5.41 Å². The summed E-state index contributed by atoms with van der Waals surface area (Å²) < 4.78 is 1.29. The van der Waals surface area contributed by atoms with Crippen LogP contribution in [0.3, 0.4) is 0 Å². The highest BCUT2D eigenvalue weighted by Gasteiger charge is 1.86. The number of aryl methyl sites for hydroxylation is 1. The number of nitrogens with two attached hydrogens (primary N) is 1. The smallest absolute Gasteiger partial charge is 0.146 e. The zero-order valence-electron chi connectivity index (χ0n) is 5.26. The number of nitrogens with zero attached hydrogens (tertiary/aromatic N) is 1. The molecule has 0 atom stereocenters. The molecule has 0 spiro atoms. The molecule has 0 aliphatic heterocycles. The van der Waals surface area contributed by atoms with Crippen LogP contribution < -0.4 is 11.3 Å². The zero-order chi connectivity index (χ0) is 6.85. The topological polar surface area (TPSA) is 54.8 Å². The summed E-state index contributed by atoms with van der Waals surface area (Å²) in [6.45, 7) is 1.85. The Kier molecular flexibility index (Phi) is 1.26. The lowest BCUT2D eigenvalue weighted by molar-refractivity contribution is 0.864. The molecule has 1 heterocycles. The van der Waals surface area contributed by atoms with E-state index in [0.717, 1.165) is 5.56 Å². The number of hydrogen-bond donors (Lipinski definition) is 2. The first-order valence-electron chi connectivity index (χ1n) is 2.70. The molecule has 3 nitrogen and oxygen atoms in total. The maximum atomic E-state index is 7.28. The zero-order valence-corrected chi connectivity index (χ0v) is 5.26. The van der Waals surface area contributed by atoms with E-state index in [1.807, 2.05) is 19.1 Å². The van der Waals surface area contributed by atoms with E-state index < -0.39 is 0 Å². The molecule has 0 saturated carbocycles. The Morgan fingerprint density at radius 3 is 2.78 bits per heavy atom. The molecule has 0 aliphatic rings. The fourth-order valence-electron chi connectivity index (χ4n) is 0.637. The number of aromatic nitrogens is 1. The van der Waals surface area contributed by atoms with Gasteiger partial charge in [-0.05, 0) is 18.6 Å². The summed E-state index contributed by atoms with van der Waals surface area (Å²) in [7, 11) is 0. The SMILES string of the molecule is Cc1cccn(N)c1=N. The van der Waals surface area contributed by atoms with Gasteiger partial charge in [0, 0.05) is 6.20 Å². The van der Waals surface area contributed by atoms with Crippen molar-refractivity contribution >= 4 is 0 Å². The van der Waals surface area contributed by atoms with Gasteiger partial charge in [-0.3, -0.25) is 10.1 Å². The van der Waals surface area contributed by atoms with E-state index in [2.05, 4.69) is 0 Å². The van der Waals surface area contributed by atoms with Gasteiger partial charge in [0.25, 0.3) is 0 Å². The quantitative estimate of drug-likeness (QED) is 0.468. The molecule has 1 rings (SSSR count). The second kappa shape index (κ2) is 1.93. The molecule has 0 radical (unpaired) electrons. The van der Waals surface area contributed by atoms with Crippen molar-refractivity contribution in [3.63, 3.8) is 0 Å². The lowest BCUT2D eigenvalue weighted by atomic mass is 10.3. The number of pyridine rings is 1. The van der Waals surface area contributed by atoms with Crippen molar-refractivity contribution in [3.05, 3.63) is 29.4 Å². The van der Waals surface area contributed by atoms with Crippen molar-refractivity contribution in [2.45, 2.75) is 6.92 Å². The predicted molar refractivity (Wildman–Crippen MR) is 35.2 cm³/mol. The van der Waals surface area contributed by atoms with Crippen LogP contribution in [0.1, 0.15) is 5.56 Å². The summed E-state index contributed by atoms with van der Waals surface area (Å²) in [5.74, 6) is 5.35. The highest BCUT2D eigenvalue weighted by Crippen LogP contribution is 1.83.